The number of nitrogens with two attached hydrogens (primary N) is 2. The van der Waals surface area contributed by atoms with E-state index in [0.717, 1.165) is 11.1 Å². The summed E-state index contributed by atoms with van der Waals surface area (Å²) in [5.41, 5.74) is 13.7. The van der Waals surface area contributed by atoms with Crippen molar-refractivity contribution in [3.8, 4) is 0 Å². The number of hydrogen-bond donors (Lipinski definition) is 2. The highest BCUT2D eigenvalue weighted by molar-refractivity contribution is 5.89. The minimum Gasteiger partial charge on any atom is -0.368 e. The number of hydrogen-bond acceptors (Lipinski definition) is 5. The number of nitro groups is 1. The Balaban J connectivity index is 2.20. The lowest BCUT2D eigenvalue weighted by molar-refractivity contribution is -0.519. The molecule has 0 heterocycles. The van der Waals surface area contributed by atoms with Crippen LogP contribution in [0.2, 0.25) is 0 Å². The van der Waals surface area contributed by atoms with Gasteiger partial charge in [-0.3, -0.25) is 19.7 Å². The maximum atomic E-state index is 13.3. The van der Waals surface area contributed by atoms with Crippen LogP contribution < -0.4 is 11.5 Å². The van der Waals surface area contributed by atoms with Crippen LogP contribution in [0.15, 0.2) is 60.7 Å². The summed E-state index contributed by atoms with van der Waals surface area (Å²) in [7, 11) is 0. The smallest absolute Gasteiger partial charge is 0.240 e. The van der Waals surface area contributed by atoms with Crippen LogP contribution in [-0.4, -0.2) is 46.3 Å². The monoisotopic (exact) mass is 426 g/mol. The fourth-order valence-corrected chi connectivity index (χ4v) is 3.45. The van der Waals surface area contributed by atoms with Crippen molar-refractivity contribution in [1.82, 2.24) is 4.90 Å². The van der Waals surface area contributed by atoms with E-state index in [2.05, 4.69) is 0 Å². The number of amides is 2. The first-order valence-corrected chi connectivity index (χ1v) is 10.4. The zero-order chi connectivity index (χ0) is 22.8. The van der Waals surface area contributed by atoms with Crippen molar-refractivity contribution >= 4 is 11.8 Å². The van der Waals surface area contributed by atoms with Crippen molar-refractivity contribution in [2.24, 2.45) is 11.5 Å². The second-order valence-corrected chi connectivity index (χ2v) is 7.71. The van der Waals surface area contributed by atoms with Crippen molar-refractivity contribution in [3.63, 3.8) is 0 Å². The largest absolute Gasteiger partial charge is 0.368 e. The second-order valence-electron chi connectivity index (χ2n) is 7.71. The summed E-state index contributed by atoms with van der Waals surface area (Å²) in [6, 6.07) is 16.2. The lowest BCUT2D eigenvalue weighted by atomic mass is 10.0. The van der Waals surface area contributed by atoms with Gasteiger partial charge in [-0.25, -0.2) is 0 Å². The van der Waals surface area contributed by atoms with E-state index in [4.69, 9.17) is 11.5 Å². The number of benzene rings is 2. The molecule has 8 nitrogen and oxygen atoms in total. The third-order valence-electron chi connectivity index (χ3n) is 5.26. The molecular weight excluding hydrogens is 396 g/mol. The molecule has 0 fully saturated rings. The lowest BCUT2D eigenvalue weighted by Crippen LogP contribution is -2.55. The van der Waals surface area contributed by atoms with Gasteiger partial charge in [-0.15, -0.1) is 0 Å². The van der Waals surface area contributed by atoms with Crippen LogP contribution in [0.1, 0.15) is 30.9 Å². The third kappa shape index (κ3) is 7.49. The normalized spacial score (nSPS) is 13.7. The number of carbonyl (C=O) groups excluding carboxylic acids is 2. The Labute approximate surface area is 182 Å². The molecule has 0 radical (unpaired) electrons. The summed E-state index contributed by atoms with van der Waals surface area (Å²) in [6.45, 7) is 1.68. The Bertz CT molecular complexity index is 860. The van der Waals surface area contributed by atoms with E-state index in [1.54, 1.807) is 0 Å². The van der Waals surface area contributed by atoms with Crippen molar-refractivity contribution < 1.29 is 14.5 Å². The Morgan fingerprint density at radius 3 is 2.00 bits per heavy atom. The maximum absolute atomic E-state index is 13.3. The standard InChI is InChI=1S/C23H30N4O4/c1-17(27(30)31)9-8-14-26(21(22(25)28)16-19-12-6-3-7-13-19)23(29)20(24)15-18-10-4-2-5-11-18/h2-7,10-13,17,20-21H,8-9,14-16,24H2,1H3,(H2,25,28)/t17?,20-,21-/m0/s1. The van der Waals surface area contributed by atoms with Crippen LogP contribution in [0.25, 0.3) is 0 Å². The molecule has 0 aliphatic heterocycles. The van der Waals surface area contributed by atoms with Gasteiger partial charge in [-0.2, -0.15) is 0 Å². The number of nitrogens with zero attached hydrogens (tertiary/aromatic N) is 2. The molecule has 166 valence electrons. The molecule has 8 heteroatoms. The third-order valence-corrected chi connectivity index (χ3v) is 5.26. The highest BCUT2D eigenvalue weighted by Crippen LogP contribution is 2.14. The van der Waals surface area contributed by atoms with Crippen molar-refractivity contribution in [2.45, 2.75) is 50.7 Å². The molecule has 2 aromatic carbocycles. The number of rotatable bonds is 12. The average molecular weight is 427 g/mol. The SMILES string of the molecule is CC(CCCN(C(=O)[C@@H](N)Cc1ccccc1)[C@@H](Cc1ccccc1)C(N)=O)[N+](=O)[O-]. The van der Waals surface area contributed by atoms with Gasteiger partial charge < -0.3 is 16.4 Å². The molecule has 4 N–H and O–H groups in total. The summed E-state index contributed by atoms with van der Waals surface area (Å²) >= 11 is 0. The molecule has 1 unspecified atom stereocenters. The van der Waals surface area contributed by atoms with Crippen LogP contribution in [-0.2, 0) is 22.4 Å². The van der Waals surface area contributed by atoms with E-state index in [0.29, 0.717) is 12.8 Å². The predicted octanol–water partition coefficient (Wildman–Crippen LogP) is 1.93. The highest BCUT2D eigenvalue weighted by Gasteiger charge is 2.31. The van der Waals surface area contributed by atoms with Crippen LogP contribution >= 0.6 is 0 Å². The van der Waals surface area contributed by atoms with Gasteiger partial charge in [-0.05, 0) is 24.0 Å². The second kappa shape index (κ2) is 11.8. The highest BCUT2D eigenvalue weighted by atomic mass is 16.6. The quantitative estimate of drug-likeness (QED) is 0.395. The molecular formula is C23H30N4O4. The van der Waals surface area contributed by atoms with Gasteiger partial charge >= 0.3 is 0 Å². The average Bonchev–Trinajstić information content (AvgIpc) is 2.76. The molecule has 0 aromatic heterocycles. The topological polar surface area (TPSA) is 133 Å². The molecule has 2 aromatic rings. The van der Waals surface area contributed by atoms with Crippen LogP contribution in [0.3, 0.4) is 0 Å². The van der Waals surface area contributed by atoms with E-state index < -0.39 is 29.9 Å². The van der Waals surface area contributed by atoms with Gasteiger partial charge in [0.1, 0.15) is 6.04 Å². The molecule has 0 spiro atoms. The van der Waals surface area contributed by atoms with Gasteiger partial charge in [0.15, 0.2) is 0 Å². The Kier molecular flexibility index (Phi) is 9.14. The van der Waals surface area contributed by atoms with Gasteiger partial charge in [0.25, 0.3) is 0 Å². The summed E-state index contributed by atoms with van der Waals surface area (Å²) < 4.78 is 0. The van der Waals surface area contributed by atoms with E-state index >= 15 is 0 Å². The summed E-state index contributed by atoms with van der Waals surface area (Å²) in [6.07, 6.45) is 1.22. The molecule has 31 heavy (non-hydrogen) atoms. The lowest BCUT2D eigenvalue weighted by Gasteiger charge is -2.32. The van der Waals surface area contributed by atoms with Crippen LogP contribution in [0.5, 0.6) is 0 Å². The molecule has 0 bridgehead atoms. The Morgan fingerprint density at radius 1 is 1.00 bits per heavy atom. The zero-order valence-electron chi connectivity index (χ0n) is 17.7. The molecule has 2 amide bonds. The zero-order valence-corrected chi connectivity index (χ0v) is 17.7. The van der Waals surface area contributed by atoms with E-state index in [1.807, 2.05) is 60.7 Å². The first-order chi connectivity index (χ1) is 14.8. The minimum absolute atomic E-state index is 0.167. The first kappa shape index (κ1) is 24.0. The molecule has 0 saturated carbocycles. The summed E-state index contributed by atoms with van der Waals surface area (Å²) in [5.74, 6) is -1.02. The van der Waals surface area contributed by atoms with Crippen LogP contribution in [0, 0.1) is 10.1 Å². The van der Waals surface area contributed by atoms with Gasteiger partial charge in [0, 0.05) is 31.2 Å². The fraction of sp³-hybridized carbons (Fsp3) is 0.391. The molecule has 2 rings (SSSR count). The number of primary amides is 1. The summed E-state index contributed by atoms with van der Waals surface area (Å²) in [5, 5.41) is 10.9. The van der Waals surface area contributed by atoms with Crippen molar-refractivity contribution in [2.75, 3.05) is 6.54 Å². The van der Waals surface area contributed by atoms with Crippen LogP contribution in [0.4, 0.5) is 0 Å². The first-order valence-electron chi connectivity index (χ1n) is 10.4. The predicted molar refractivity (Wildman–Crippen MR) is 119 cm³/mol. The van der Waals surface area contributed by atoms with Crippen molar-refractivity contribution in [1.29, 1.82) is 0 Å². The van der Waals surface area contributed by atoms with Crippen molar-refractivity contribution in [3.05, 3.63) is 81.9 Å². The molecule has 0 aliphatic carbocycles. The molecule has 0 aliphatic rings. The van der Waals surface area contributed by atoms with Gasteiger partial charge in [-0.1, -0.05) is 60.7 Å². The fourth-order valence-electron chi connectivity index (χ4n) is 3.45. The van der Waals surface area contributed by atoms with E-state index in [-0.39, 0.29) is 24.3 Å². The number of carbonyl (C=O) groups is 2. The molecule has 3 atom stereocenters. The van der Waals surface area contributed by atoms with E-state index in [9.17, 15) is 19.7 Å². The van der Waals surface area contributed by atoms with E-state index in [1.165, 1.54) is 11.8 Å². The molecule has 0 saturated heterocycles. The Hall–Kier alpha value is -3.26. The minimum atomic E-state index is -0.886. The maximum Gasteiger partial charge on any atom is 0.240 e. The van der Waals surface area contributed by atoms with Gasteiger partial charge in [0.2, 0.25) is 17.9 Å². The van der Waals surface area contributed by atoms with Gasteiger partial charge in [0.05, 0.1) is 6.04 Å². The summed E-state index contributed by atoms with van der Waals surface area (Å²) in [4.78, 5) is 37.5. The Morgan fingerprint density at radius 2 is 1.52 bits per heavy atom.